The van der Waals surface area contributed by atoms with E-state index in [9.17, 15) is 0 Å². The summed E-state index contributed by atoms with van der Waals surface area (Å²) in [7, 11) is 1.79. The number of methoxy groups -OCH3 is 1. The van der Waals surface area contributed by atoms with Crippen LogP contribution in [0.1, 0.15) is 24.9 Å². The molecule has 0 saturated carbocycles. The van der Waals surface area contributed by atoms with E-state index in [0.717, 1.165) is 31.0 Å². The van der Waals surface area contributed by atoms with Gasteiger partial charge in [-0.15, -0.1) is 0 Å². The third-order valence-corrected chi connectivity index (χ3v) is 4.67. The standard InChI is InChI=1S/C16H24N2O3/c1-11-5-6-18(9-16(11)19-2)13(8-17)12-3-4-14-15(7-12)21-10-20-14/h3-4,7,11,13,16H,5-6,8-10,17H2,1-2H3. The average molecular weight is 292 g/mol. The quantitative estimate of drug-likeness (QED) is 0.916. The van der Waals surface area contributed by atoms with Crippen LogP contribution in [0.25, 0.3) is 0 Å². The van der Waals surface area contributed by atoms with Gasteiger partial charge in [0.05, 0.1) is 6.10 Å². The molecule has 0 amide bonds. The maximum Gasteiger partial charge on any atom is 0.231 e. The second kappa shape index (κ2) is 6.22. The minimum absolute atomic E-state index is 0.199. The van der Waals surface area contributed by atoms with Gasteiger partial charge in [-0.1, -0.05) is 13.0 Å². The summed E-state index contributed by atoms with van der Waals surface area (Å²) in [5.74, 6) is 2.23. The van der Waals surface area contributed by atoms with Gasteiger partial charge in [-0.3, -0.25) is 4.90 Å². The Kier molecular flexibility index (Phi) is 4.33. The van der Waals surface area contributed by atoms with Crippen LogP contribution in [-0.4, -0.2) is 44.5 Å². The molecule has 1 aromatic carbocycles. The van der Waals surface area contributed by atoms with Crippen molar-refractivity contribution >= 4 is 0 Å². The summed E-state index contributed by atoms with van der Waals surface area (Å²) in [5.41, 5.74) is 7.23. The third-order valence-electron chi connectivity index (χ3n) is 4.67. The van der Waals surface area contributed by atoms with E-state index in [-0.39, 0.29) is 12.1 Å². The van der Waals surface area contributed by atoms with E-state index in [1.165, 1.54) is 5.56 Å². The molecular weight excluding hydrogens is 268 g/mol. The molecule has 0 radical (unpaired) electrons. The van der Waals surface area contributed by atoms with Gasteiger partial charge in [0, 0.05) is 26.2 Å². The van der Waals surface area contributed by atoms with Crippen LogP contribution >= 0.6 is 0 Å². The van der Waals surface area contributed by atoms with Gasteiger partial charge in [-0.2, -0.15) is 0 Å². The highest BCUT2D eigenvalue weighted by molar-refractivity contribution is 5.45. The van der Waals surface area contributed by atoms with E-state index < -0.39 is 0 Å². The van der Waals surface area contributed by atoms with E-state index in [0.29, 0.717) is 19.3 Å². The number of likely N-dealkylation sites (tertiary alicyclic amines) is 1. The van der Waals surface area contributed by atoms with Gasteiger partial charge in [0.15, 0.2) is 11.5 Å². The van der Waals surface area contributed by atoms with E-state index in [2.05, 4.69) is 24.0 Å². The lowest BCUT2D eigenvalue weighted by atomic mass is 9.93. The molecule has 5 nitrogen and oxygen atoms in total. The zero-order valence-electron chi connectivity index (χ0n) is 12.7. The molecule has 2 aliphatic rings. The summed E-state index contributed by atoms with van der Waals surface area (Å²) in [4.78, 5) is 2.42. The Labute approximate surface area is 126 Å². The Morgan fingerprint density at radius 1 is 1.38 bits per heavy atom. The molecule has 116 valence electrons. The van der Waals surface area contributed by atoms with Crippen molar-refractivity contribution in [2.45, 2.75) is 25.5 Å². The van der Waals surface area contributed by atoms with Crippen molar-refractivity contribution in [2.24, 2.45) is 11.7 Å². The first kappa shape index (κ1) is 14.6. The van der Waals surface area contributed by atoms with Crippen molar-refractivity contribution in [1.82, 2.24) is 4.90 Å². The van der Waals surface area contributed by atoms with Gasteiger partial charge in [-0.25, -0.2) is 0 Å². The molecule has 0 spiro atoms. The summed E-state index contributed by atoms with van der Waals surface area (Å²) >= 11 is 0. The van der Waals surface area contributed by atoms with Crippen molar-refractivity contribution < 1.29 is 14.2 Å². The molecule has 3 atom stereocenters. The van der Waals surface area contributed by atoms with Crippen molar-refractivity contribution in [3.63, 3.8) is 0 Å². The molecular formula is C16H24N2O3. The Balaban J connectivity index is 1.78. The molecule has 3 rings (SSSR count). The summed E-state index contributed by atoms with van der Waals surface area (Å²) in [6, 6.07) is 6.32. The number of fused-ring (bicyclic) bond motifs is 1. The van der Waals surface area contributed by atoms with E-state index in [4.69, 9.17) is 19.9 Å². The molecule has 3 unspecified atom stereocenters. The van der Waals surface area contributed by atoms with E-state index in [1.807, 2.05) is 6.07 Å². The molecule has 2 heterocycles. The molecule has 21 heavy (non-hydrogen) atoms. The maximum atomic E-state index is 6.05. The number of hydrogen-bond acceptors (Lipinski definition) is 5. The van der Waals surface area contributed by atoms with Gasteiger partial charge in [0.2, 0.25) is 6.79 Å². The number of hydrogen-bond donors (Lipinski definition) is 1. The molecule has 0 aromatic heterocycles. The molecule has 5 heteroatoms. The van der Waals surface area contributed by atoms with Gasteiger partial charge >= 0.3 is 0 Å². The first-order valence-electron chi connectivity index (χ1n) is 7.59. The lowest BCUT2D eigenvalue weighted by Gasteiger charge is -2.40. The van der Waals surface area contributed by atoms with Crippen LogP contribution < -0.4 is 15.2 Å². The van der Waals surface area contributed by atoms with Gasteiger partial charge < -0.3 is 19.9 Å². The van der Waals surface area contributed by atoms with Crippen LogP contribution in [0, 0.1) is 5.92 Å². The summed E-state index contributed by atoms with van der Waals surface area (Å²) in [6.07, 6.45) is 1.42. The van der Waals surface area contributed by atoms with Gasteiger partial charge in [0.1, 0.15) is 0 Å². The zero-order valence-corrected chi connectivity index (χ0v) is 12.7. The smallest absolute Gasteiger partial charge is 0.231 e. The Hall–Kier alpha value is -1.30. The molecule has 1 aromatic rings. The summed E-state index contributed by atoms with van der Waals surface area (Å²) < 4.78 is 16.5. The SMILES string of the molecule is COC1CN(C(CN)c2ccc3c(c2)OCO3)CCC1C. The number of ether oxygens (including phenoxy) is 3. The first-order valence-corrected chi connectivity index (χ1v) is 7.59. The maximum absolute atomic E-state index is 6.05. The van der Waals surface area contributed by atoms with Crippen LogP contribution in [0.3, 0.4) is 0 Å². The first-order chi connectivity index (χ1) is 10.2. The van der Waals surface area contributed by atoms with Gasteiger partial charge in [0.25, 0.3) is 0 Å². The van der Waals surface area contributed by atoms with Crippen LogP contribution in [0.4, 0.5) is 0 Å². The third kappa shape index (κ3) is 2.86. The van der Waals surface area contributed by atoms with Crippen LogP contribution in [0.5, 0.6) is 11.5 Å². The van der Waals surface area contributed by atoms with E-state index in [1.54, 1.807) is 7.11 Å². The predicted molar refractivity (Wildman–Crippen MR) is 80.5 cm³/mol. The van der Waals surface area contributed by atoms with Gasteiger partial charge in [-0.05, 0) is 36.6 Å². The Morgan fingerprint density at radius 3 is 2.95 bits per heavy atom. The number of nitrogens with two attached hydrogens (primary N) is 1. The fourth-order valence-electron chi connectivity index (χ4n) is 3.26. The summed E-state index contributed by atoms with van der Waals surface area (Å²) in [5, 5.41) is 0. The molecule has 2 aliphatic heterocycles. The molecule has 1 fully saturated rings. The highest BCUT2D eigenvalue weighted by atomic mass is 16.7. The zero-order chi connectivity index (χ0) is 14.8. The fraction of sp³-hybridized carbons (Fsp3) is 0.625. The number of nitrogens with zero attached hydrogens (tertiary/aromatic N) is 1. The monoisotopic (exact) mass is 292 g/mol. The molecule has 0 aliphatic carbocycles. The lowest BCUT2D eigenvalue weighted by molar-refractivity contribution is -0.0183. The predicted octanol–water partition coefficient (Wildman–Crippen LogP) is 1.77. The number of rotatable bonds is 4. The topological polar surface area (TPSA) is 57.0 Å². The van der Waals surface area contributed by atoms with Crippen molar-refractivity contribution in [3.05, 3.63) is 23.8 Å². The van der Waals surface area contributed by atoms with Crippen LogP contribution in [0.2, 0.25) is 0 Å². The minimum atomic E-state index is 0.199. The van der Waals surface area contributed by atoms with Crippen molar-refractivity contribution in [2.75, 3.05) is 33.5 Å². The minimum Gasteiger partial charge on any atom is -0.454 e. The molecule has 1 saturated heterocycles. The fourth-order valence-corrected chi connectivity index (χ4v) is 3.26. The number of piperidine rings is 1. The summed E-state index contributed by atoms with van der Waals surface area (Å²) in [6.45, 7) is 5.12. The van der Waals surface area contributed by atoms with Crippen LogP contribution in [-0.2, 0) is 4.74 Å². The van der Waals surface area contributed by atoms with Crippen molar-refractivity contribution in [1.29, 1.82) is 0 Å². The highest BCUT2D eigenvalue weighted by Crippen LogP contribution is 2.36. The average Bonchev–Trinajstić information content (AvgIpc) is 2.97. The second-order valence-electron chi connectivity index (χ2n) is 5.90. The molecule has 0 bridgehead atoms. The normalized spacial score (nSPS) is 26.8. The lowest BCUT2D eigenvalue weighted by Crippen LogP contribution is -2.47. The largest absolute Gasteiger partial charge is 0.454 e. The highest BCUT2D eigenvalue weighted by Gasteiger charge is 2.31. The second-order valence-corrected chi connectivity index (χ2v) is 5.90. The van der Waals surface area contributed by atoms with Crippen molar-refractivity contribution in [3.8, 4) is 11.5 Å². The van der Waals surface area contributed by atoms with E-state index >= 15 is 0 Å². The number of benzene rings is 1. The van der Waals surface area contributed by atoms with Crippen LogP contribution in [0.15, 0.2) is 18.2 Å². The molecule has 2 N–H and O–H groups in total. The Bertz CT molecular complexity index is 494. The Morgan fingerprint density at radius 2 is 2.19 bits per heavy atom.